The molecular weight excluding hydrogens is 365 g/mol. The molecule has 4 rings (SSSR count). The summed E-state index contributed by atoms with van der Waals surface area (Å²) in [5.41, 5.74) is 6.03. The maximum Gasteiger partial charge on any atom is 0.335 e. The molecule has 0 atom stereocenters. The van der Waals surface area contributed by atoms with E-state index in [0.29, 0.717) is 17.9 Å². The Bertz CT molecular complexity index is 915. The highest BCUT2D eigenvalue weighted by Crippen LogP contribution is 2.33. The molecule has 2 aromatic rings. The van der Waals surface area contributed by atoms with E-state index in [9.17, 15) is 14.3 Å². The molecule has 3 nitrogen and oxygen atoms in total. The molecular formula is C25H28FNO2. The van der Waals surface area contributed by atoms with Crippen molar-refractivity contribution in [3.63, 3.8) is 0 Å². The molecule has 0 aromatic heterocycles. The molecule has 1 fully saturated rings. The van der Waals surface area contributed by atoms with Crippen LogP contribution in [0.2, 0.25) is 0 Å². The van der Waals surface area contributed by atoms with Crippen molar-refractivity contribution in [2.75, 3.05) is 26.3 Å². The van der Waals surface area contributed by atoms with Crippen LogP contribution < -0.4 is 0 Å². The molecule has 1 heterocycles. The Morgan fingerprint density at radius 2 is 2.07 bits per heavy atom. The molecule has 2 aliphatic rings. The van der Waals surface area contributed by atoms with Crippen LogP contribution in [0.3, 0.4) is 0 Å². The number of nitrogens with zero attached hydrogens (tertiary/aromatic N) is 1. The zero-order valence-electron chi connectivity index (χ0n) is 16.7. The molecule has 0 amide bonds. The van der Waals surface area contributed by atoms with Gasteiger partial charge in [-0.2, -0.15) is 0 Å². The Hall–Kier alpha value is -2.46. The van der Waals surface area contributed by atoms with Crippen LogP contribution in [0.25, 0.3) is 17.2 Å². The first-order valence-electron chi connectivity index (χ1n) is 10.6. The van der Waals surface area contributed by atoms with Gasteiger partial charge in [-0.25, -0.2) is 4.79 Å². The molecule has 1 saturated heterocycles. The predicted molar refractivity (Wildman–Crippen MR) is 115 cm³/mol. The average molecular weight is 394 g/mol. The van der Waals surface area contributed by atoms with Crippen LogP contribution in [-0.2, 0) is 12.8 Å². The molecule has 0 unspecified atom stereocenters. The van der Waals surface area contributed by atoms with E-state index in [1.807, 2.05) is 12.1 Å². The summed E-state index contributed by atoms with van der Waals surface area (Å²) in [5, 5.41) is 9.58. The van der Waals surface area contributed by atoms with Crippen molar-refractivity contribution >= 4 is 12.0 Å². The number of allylic oxidation sites excluding steroid dienone is 1. The van der Waals surface area contributed by atoms with Crippen molar-refractivity contribution in [1.29, 1.82) is 0 Å². The van der Waals surface area contributed by atoms with Crippen molar-refractivity contribution in [3.8, 4) is 11.1 Å². The van der Waals surface area contributed by atoms with Gasteiger partial charge in [0.25, 0.3) is 0 Å². The molecule has 0 spiro atoms. The third-order valence-electron chi connectivity index (χ3n) is 6.02. The second kappa shape index (κ2) is 8.91. The SMILES string of the molecule is O=C(O)c1cc2c(c(-c3cccc(CC4CN(CCCF)C4)c3)c1)C=CCCC2. The maximum atomic E-state index is 12.3. The van der Waals surface area contributed by atoms with Crippen molar-refractivity contribution in [1.82, 2.24) is 4.90 Å². The number of aromatic carboxylic acids is 1. The number of rotatable bonds is 7. The molecule has 0 radical (unpaired) electrons. The lowest BCUT2D eigenvalue weighted by Gasteiger charge is -2.39. The summed E-state index contributed by atoms with van der Waals surface area (Å²) in [4.78, 5) is 14.0. The molecule has 4 heteroatoms. The number of alkyl halides is 1. The van der Waals surface area contributed by atoms with Gasteiger partial charge in [-0.15, -0.1) is 0 Å². The molecule has 1 aliphatic carbocycles. The van der Waals surface area contributed by atoms with E-state index < -0.39 is 5.97 Å². The lowest BCUT2D eigenvalue weighted by atomic mass is 9.88. The zero-order valence-corrected chi connectivity index (χ0v) is 16.7. The molecule has 1 N–H and O–H groups in total. The fraction of sp³-hybridized carbons (Fsp3) is 0.400. The van der Waals surface area contributed by atoms with Gasteiger partial charge in [0.15, 0.2) is 0 Å². The highest BCUT2D eigenvalue weighted by molar-refractivity contribution is 5.92. The standard InChI is InChI=1S/C25H28FNO2/c26-10-5-11-27-16-19(17-27)12-18-6-4-8-20(13-18)24-15-22(25(28)29)14-21-7-2-1-3-9-23(21)24/h3-4,6,8-9,13-15,19H,1-2,5,7,10-12,16-17H2,(H,28,29). The van der Waals surface area contributed by atoms with Gasteiger partial charge in [0, 0.05) is 19.6 Å². The summed E-state index contributed by atoms with van der Waals surface area (Å²) in [6.45, 7) is 2.69. The van der Waals surface area contributed by atoms with Crippen LogP contribution in [0.15, 0.2) is 42.5 Å². The largest absolute Gasteiger partial charge is 0.478 e. The van der Waals surface area contributed by atoms with Crippen LogP contribution in [0.1, 0.15) is 46.3 Å². The first kappa shape index (κ1) is 19.8. The van der Waals surface area contributed by atoms with Crippen LogP contribution >= 0.6 is 0 Å². The van der Waals surface area contributed by atoms with Crippen molar-refractivity contribution in [2.24, 2.45) is 5.92 Å². The van der Waals surface area contributed by atoms with E-state index in [1.54, 1.807) is 0 Å². The smallest absolute Gasteiger partial charge is 0.335 e. The number of carbonyl (C=O) groups is 1. The van der Waals surface area contributed by atoms with Crippen molar-refractivity contribution in [3.05, 3.63) is 64.7 Å². The summed E-state index contributed by atoms with van der Waals surface area (Å²) in [5.74, 6) is -0.256. The van der Waals surface area contributed by atoms with E-state index in [4.69, 9.17) is 0 Å². The van der Waals surface area contributed by atoms with Gasteiger partial charge in [-0.1, -0.05) is 36.4 Å². The molecule has 2 aromatic carbocycles. The third kappa shape index (κ3) is 4.59. The molecule has 0 bridgehead atoms. The predicted octanol–water partition coefficient (Wildman–Crippen LogP) is 5.24. The van der Waals surface area contributed by atoms with E-state index in [2.05, 4.69) is 41.3 Å². The first-order chi connectivity index (χ1) is 14.1. The van der Waals surface area contributed by atoms with Gasteiger partial charge in [-0.05, 0) is 78.0 Å². The van der Waals surface area contributed by atoms with E-state index in [-0.39, 0.29) is 6.67 Å². The quantitative estimate of drug-likeness (QED) is 0.700. The summed E-state index contributed by atoms with van der Waals surface area (Å²) in [7, 11) is 0. The number of benzene rings is 2. The Morgan fingerprint density at radius 3 is 2.86 bits per heavy atom. The van der Waals surface area contributed by atoms with Crippen LogP contribution in [0, 0.1) is 5.92 Å². The van der Waals surface area contributed by atoms with Crippen LogP contribution in [-0.4, -0.2) is 42.3 Å². The molecule has 152 valence electrons. The van der Waals surface area contributed by atoms with Gasteiger partial charge in [0.1, 0.15) is 0 Å². The number of hydrogen-bond donors (Lipinski definition) is 1. The van der Waals surface area contributed by atoms with E-state index in [1.165, 1.54) is 5.56 Å². The Balaban J connectivity index is 1.58. The van der Waals surface area contributed by atoms with Gasteiger partial charge >= 0.3 is 5.97 Å². The summed E-state index contributed by atoms with van der Waals surface area (Å²) >= 11 is 0. The van der Waals surface area contributed by atoms with Crippen molar-refractivity contribution in [2.45, 2.75) is 32.1 Å². The number of halogens is 1. The first-order valence-corrected chi connectivity index (χ1v) is 10.6. The number of fused-ring (bicyclic) bond motifs is 1. The van der Waals surface area contributed by atoms with Crippen LogP contribution in [0.4, 0.5) is 4.39 Å². The lowest BCUT2D eigenvalue weighted by molar-refractivity contribution is 0.0697. The highest BCUT2D eigenvalue weighted by Gasteiger charge is 2.26. The van der Waals surface area contributed by atoms with Gasteiger partial charge < -0.3 is 10.0 Å². The lowest BCUT2D eigenvalue weighted by Crippen LogP contribution is -2.47. The van der Waals surface area contributed by atoms with E-state index >= 15 is 0 Å². The monoisotopic (exact) mass is 393 g/mol. The Labute approximate surface area is 171 Å². The number of aryl methyl sites for hydroxylation is 1. The van der Waals surface area contributed by atoms with Crippen LogP contribution in [0.5, 0.6) is 0 Å². The second-order valence-corrected chi connectivity index (χ2v) is 8.27. The normalized spacial score (nSPS) is 16.9. The highest BCUT2D eigenvalue weighted by atomic mass is 19.1. The molecule has 29 heavy (non-hydrogen) atoms. The Morgan fingerprint density at radius 1 is 1.21 bits per heavy atom. The minimum atomic E-state index is -0.874. The van der Waals surface area contributed by atoms with Crippen molar-refractivity contribution < 1.29 is 14.3 Å². The minimum absolute atomic E-state index is 0.239. The third-order valence-corrected chi connectivity index (χ3v) is 6.02. The van der Waals surface area contributed by atoms with Gasteiger partial charge in [-0.3, -0.25) is 4.39 Å². The topological polar surface area (TPSA) is 40.5 Å². The number of hydrogen-bond acceptors (Lipinski definition) is 2. The summed E-state index contributed by atoms with van der Waals surface area (Å²) in [6.07, 6.45) is 8.97. The zero-order chi connectivity index (χ0) is 20.2. The molecule has 1 aliphatic heterocycles. The second-order valence-electron chi connectivity index (χ2n) is 8.27. The number of carboxylic acid groups (broad SMARTS) is 1. The fourth-order valence-electron chi connectivity index (χ4n) is 4.56. The van der Waals surface area contributed by atoms with Gasteiger partial charge in [0.2, 0.25) is 0 Å². The molecule has 0 saturated carbocycles. The summed E-state index contributed by atoms with van der Waals surface area (Å²) in [6, 6.07) is 12.2. The Kier molecular flexibility index (Phi) is 6.10. The average Bonchev–Trinajstić information content (AvgIpc) is 2.94. The van der Waals surface area contributed by atoms with E-state index in [0.717, 1.165) is 67.6 Å². The fourth-order valence-corrected chi connectivity index (χ4v) is 4.56. The number of carboxylic acids is 1. The summed E-state index contributed by atoms with van der Waals surface area (Å²) < 4.78 is 12.3. The minimum Gasteiger partial charge on any atom is -0.478 e. The van der Waals surface area contributed by atoms with Gasteiger partial charge in [0.05, 0.1) is 12.2 Å². The maximum absolute atomic E-state index is 12.3. The number of likely N-dealkylation sites (tertiary alicyclic amines) is 1.